The van der Waals surface area contributed by atoms with Crippen molar-refractivity contribution in [2.75, 3.05) is 13.7 Å². The monoisotopic (exact) mass is 637 g/mol. The second kappa shape index (κ2) is 13.3. The van der Waals surface area contributed by atoms with Gasteiger partial charge in [-0.25, -0.2) is 0 Å². The third kappa shape index (κ3) is 6.09. The maximum Gasteiger partial charge on any atom is 0.202 e. The van der Waals surface area contributed by atoms with Gasteiger partial charge in [-0.2, -0.15) is 0 Å². The molecule has 44 heavy (non-hydrogen) atoms. The van der Waals surface area contributed by atoms with Gasteiger partial charge in [0.15, 0.2) is 17.9 Å². The molecule has 0 spiro atoms. The fourth-order valence-electron chi connectivity index (χ4n) is 5.75. The van der Waals surface area contributed by atoms with Crippen LogP contribution < -0.4 is 10.5 Å². The summed E-state index contributed by atoms with van der Waals surface area (Å²) in [6.07, 6.45) is -5.12. The van der Waals surface area contributed by atoms with E-state index in [2.05, 4.69) is 0 Å². The Morgan fingerprint density at radius 1 is 1.09 bits per heavy atom. The number of ether oxygens (including phenoxy) is 3. The number of Topliss-reactive ketones (excluding diaryl/α,β-unsaturated/α-hetero) is 2. The van der Waals surface area contributed by atoms with E-state index in [0.717, 1.165) is 0 Å². The fraction of sp³-hybridized carbons (Fsp3) is 0.467. The van der Waals surface area contributed by atoms with Gasteiger partial charge in [0.2, 0.25) is 5.78 Å². The first kappa shape index (κ1) is 35.1. The molecule has 13 nitrogen and oxygen atoms in total. The van der Waals surface area contributed by atoms with E-state index in [1.54, 1.807) is 6.92 Å². The second-order valence-electron chi connectivity index (χ2n) is 11.1. The molecule has 0 radical (unpaired) electrons. The standard InChI is InChI=1S/C27H29NO11.C3H6O.ClH/c1-10-22(31)13(28)6-17(38-10)39-15-8-27(36,16(30)9-29)7-12-19(15)26(35)21-20(24(12)33)23(32)11-4-3-5-14(37-2)18(11)25(21)34;1-3(2)4;/h3-5,10,13,15,17,22,29,31,33,35-36H,6-9,28H2,1-2H3;1-2H3;1H/t10-,13-,15-,17-,22-,27-;;/m0../s1. The van der Waals surface area contributed by atoms with E-state index in [1.165, 1.54) is 39.2 Å². The number of phenolic OH excluding ortho intramolecular Hbond substituents is 2. The van der Waals surface area contributed by atoms with Crippen molar-refractivity contribution < 1.29 is 58.9 Å². The van der Waals surface area contributed by atoms with Crippen molar-refractivity contribution >= 4 is 35.5 Å². The number of aliphatic hydroxyl groups excluding tert-OH is 2. The van der Waals surface area contributed by atoms with Crippen molar-refractivity contribution in [1.29, 1.82) is 0 Å². The van der Waals surface area contributed by atoms with Crippen LogP contribution in [0.4, 0.5) is 0 Å². The van der Waals surface area contributed by atoms with Crippen LogP contribution in [0.2, 0.25) is 0 Å². The fourth-order valence-corrected chi connectivity index (χ4v) is 5.75. The minimum absolute atomic E-state index is 0. The highest BCUT2D eigenvalue weighted by Gasteiger charge is 2.50. The molecular weight excluding hydrogens is 602 g/mol. The number of carbonyl (C=O) groups excluding carboxylic acids is 4. The van der Waals surface area contributed by atoms with Gasteiger partial charge in [-0.3, -0.25) is 14.4 Å². The van der Waals surface area contributed by atoms with Gasteiger partial charge in [0.25, 0.3) is 0 Å². The smallest absolute Gasteiger partial charge is 0.202 e. The van der Waals surface area contributed by atoms with Crippen LogP contribution in [0.1, 0.15) is 82.7 Å². The molecule has 0 saturated carbocycles. The lowest BCUT2D eigenvalue weighted by Gasteiger charge is -2.42. The molecule has 0 bridgehead atoms. The molecular formula is C30H36ClNO12. The minimum Gasteiger partial charge on any atom is -0.507 e. The number of ketones is 4. The van der Waals surface area contributed by atoms with E-state index in [1.807, 2.05) is 0 Å². The van der Waals surface area contributed by atoms with Gasteiger partial charge in [-0.05, 0) is 26.8 Å². The van der Waals surface area contributed by atoms with E-state index in [0.29, 0.717) is 0 Å². The van der Waals surface area contributed by atoms with Gasteiger partial charge >= 0.3 is 0 Å². The van der Waals surface area contributed by atoms with Crippen molar-refractivity contribution in [2.24, 2.45) is 5.73 Å². The Balaban J connectivity index is 0.000000998. The maximum absolute atomic E-state index is 13.6. The number of methoxy groups -OCH3 is 1. The lowest BCUT2D eigenvalue weighted by molar-refractivity contribution is -0.247. The Morgan fingerprint density at radius 3 is 2.27 bits per heavy atom. The summed E-state index contributed by atoms with van der Waals surface area (Å²) in [5.74, 6) is -3.61. The van der Waals surface area contributed by atoms with Crippen molar-refractivity contribution in [2.45, 2.75) is 76.3 Å². The summed E-state index contributed by atoms with van der Waals surface area (Å²) in [5.41, 5.74) is 2.37. The Morgan fingerprint density at radius 2 is 1.70 bits per heavy atom. The van der Waals surface area contributed by atoms with Crippen LogP contribution in [0.15, 0.2) is 18.2 Å². The molecule has 0 unspecified atom stereocenters. The lowest BCUT2D eigenvalue weighted by Crippen LogP contribution is -2.53. The van der Waals surface area contributed by atoms with Crippen molar-refractivity contribution in [1.82, 2.24) is 0 Å². The van der Waals surface area contributed by atoms with E-state index in [-0.39, 0.29) is 52.6 Å². The van der Waals surface area contributed by atoms with Crippen molar-refractivity contribution in [3.8, 4) is 17.2 Å². The molecule has 1 fully saturated rings. The molecule has 0 aromatic heterocycles. The summed E-state index contributed by atoms with van der Waals surface area (Å²) in [4.78, 5) is 49.2. The Kier molecular flexibility index (Phi) is 10.6. The zero-order chi connectivity index (χ0) is 32.0. The number of halogens is 1. The zero-order valence-corrected chi connectivity index (χ0v) is 25.3. The number of fused-ring (bicyclic) bond motifs is 3. The van der Waals surface area contributed by atoms with Gasteiger partial charge < -0.3 is 50.3 Å². The highest BCUT2D eigenvalue weighted by Crippen LogP contribution is 2.52. The summed E-state index contributed by atoms with van der Waals surface area (Å²) in [6, 6.07) is 3.64. The highest BCUT2D eigenvalue weighted by molar-refractivity contribution is 6.31. The second-order valence-corrected chi connectivity index (χ2v) is 11.1. The molecule has 14 heteroatoms. The van der Waals surface area contributed by atoms with Crippen LogP contribution >= 0.6 is 12.4 Å². The molecule has 240 valence electrons. The van der Waals surface area contributed by atoms with Gasteiger partial charge in [0.1, 0.15) is 35.2 Å². The van der Waals surface area contributed by atoms with Crippen LogP contribution in [0.3, 0.4) is 0 Å². The molecule has 2 aromatic carbocycles. The largest absolute Gasteiger partial charge is 0.507 e. The number of benzene rings is 2. The number of phenols is 2. The van der Waals surface area contributed by atoms with Crippen molar-refractivity contribution in [3.63, 3.8) is 0 Å². The normalized spacial score (nSPS) is 27.0. The Labute approximate surface area is 258 Å². The molecule has 6 atom stereocenters. The highest BCUT2D eigenvalue weighted by atomic mass is 35.5. The number of hydrogen-bond acceptors (Lipinski definition) is 13. The van der Waals surface area contributed by atoms with Crippen LogP contribution in [-0.4, -0.2) is 92.5 Å². The molecule has 7 N–H and O–H groups in total. The first-order chi connectivity index (χ1) is 20.2. The molecule has 1 heterocycles. The lowest BCUT2D eigenvalue weighted by atomic mass is 9.72. The molecule has 2 aromatic rings. The molecule has 1 aliphatic heterocycles. The summed E-state index contributed by atoms with van der Waals surface area (Å²) < 4.78 is 17.0. The van der Waals surface area contributed by atoms with Crippen LogP contribution in [0.25, 0.3) is 0 Å². The third-order valence-corrected chi connectivity index (χ3v) is 7.81. The van der Waals surface area contributed by atoms with Gasteiger partial charge in [0.05, 0.1) is 42.1 Å². The first-order valence-electron chi connectivity index (χ1n) is 13.6. The van der Waals surface area contributed by atoms with Crippen LogP contribution in [-0.2, 0) is 25.5 Å². The Hall–Kier alpha value is -3.43. The average Bonchev–Trinajstić information content (AvgIpc) is 2.94. The first-order valence-corrected chi connectivity index (χ1v) is 13.6. The number of aliphatic hydroxyl groups is 3. The SMILES string of the molecule is CC(C)=O.COc1cccc2c1C(=O)c1c(O)c3c(c(O)c1C2=O)C[C@@](O)(C(=O)CO)C[C@@H]3O[C@H]1C[C@H](N)[C@@H](O)[C@H](C)O1.Cl. The zero-order valence-electron chi connectivity index (χ0n) is 24.5. The number of hydrogen-bond donors (Lipinski definition) is 6. The number of nitrogens with two attached hydrogens (primary N) is 1. The summed E-state index contributed by atoms with van der Waals surface area (Å²) >= 11 is 0. The Bertz CT molecular complexity index is 1480. The predicted molar refractivity (Wildman–Crippen MR) is 155 cm³/mol. The molecule has 0 amide bonds. The average molecular weight is 638 g/mol. The predicted octanol–water partition coefficient (Wildman–Crippen LogP) is 1.02. The third-order valence-electron chi connectivity index (χ3n) is 7.81. The topological polar surface area (TPSA) is 223 Å². The van der Waals surface area contributed by atoms with Crippen LogP contribution in [0.5, 0.6) is 17.2 Å². The molecule has 1 saturated heterocycles. The molecule has 5 rings (SSSR count). The number of aromatic hydroxyl groups is 2. The van der Waals surface area contributed by atoms with Crippen molar-refractivity contribution in [3.05, 3.63) is 51.6 Å². The summed E-state index contributed by atoms with van der Waals surface area (Å²) in [6.45, 7) is 3.62. The van der Waals surface area contributed by atoms with E-state index < -0.39 is 95.7 Å². The minimum atomic E-state index is -2.24. The maximum atomic E-state index is 13.6. The van der Waals surface area contributed by atoms with E-state index in [4.69, 9.17) is 19.9 Å². The number of carbonyl (C=O) groups is 4. The molecule has 3 aliphatic rings. The summed E-state index contributed by atoms with van der Waals surface area (Å²) in [5, 5.41) is 53.7. The van der Waals surface area contributed by atoms with Gasteiger partial charge in [-0.1, -0.05) is 12.1 Å². The van der Waals surface area contributed by atoms with E-state index >= 15 is 0 Å². The quantitative estimate of drug-likeness (QED) is 0.215. The number of rotatable bonds is 5. The van der Waals surface area contributed by atoms with Crippen LogP contribution in [0, 0.1) is 0 Å². The van der Waals surface area contributed by atoms with Gasteiger partial charge in [-0.15, -0.1) is 12.4 Å². The summed E-state index contributed by atoms with van der Waals surface area (Å²) in [7, 11) is 1.32. The van der Waals surface area contributed by atoms with E-state index in [9.17, 15) is 44.7 Å². The molecule has 2 aliphatic carbocycles. The van der Waals surface area contributed by atoms with Gasteiger partial charge in [0, 0.05) is 42.0 Å².